The van der Waals surface area contributed by atoms with Gasteiger partial charge >= 0.3 is 0 Å². The second-order valence-corrected chi connectivity index (χ2v) is 4.59. The maximum Gasteiger partial charge on any atom is 0.258 e. The molecular weight excluding hydrogens is 280 g/mol. The summed E-state index contributed by atoms with van der Waals surface area (Å²) in [6.45, 7) is 0.491. The van der Waals surface area contributed by atoms with Gasteiger partial charge in [-0.05, 0) is 29.8 Å². The Bertz CT molecular complexity index is 725. The highest BCUT2D eigenvalue weighted by molar-refractivity contribution is 6.03. The second kappa shape index (κ2) is 6.53. The molecule has 0 atom stereocenters. The first-order valence-corrected chi connectivity index (χ1v) is 6.75. The van der Waals surface area contributed by atoms with E-state index < -0.39 is 0 Å². The normalized spacial score (nSPS) is 10.2. The molecule has 3 aromatic rings. The van der Waals surface area contributed by atoms with Crippen LogP contribution in [0.25, 0.3) is 0 Å². The van der Waals surface area contributed by atoms with Crippen LogP contribution in [0.4, 0.5) is 5.95 Å². The Morgan fingerprint density at radius 3 is 2.55 bits per heavy atom. The van der Waals surface area contributed by atoms with E-state index in [-0.39, 0.29) is 5.91 Å². The van der Waals surface area contributed by atoms with Gasteiger partial charge in [-0.3, -0.25) is 10.1 Å². The molecule has 1 aromatic heterocycles. The molecule has 1 heterocycles. The Morgan fingerprint density at radius 2 is 1.86 bits per heavy atom. The lowest BCUT2D eigenvalue weighted by molar-refractivity contribution is 0.102. The summed E-state index contributed by atoms with van der Waals surface area (Å²) in [5.74, 6) is 0.765. The standard InChI is InChI=1S/C16H14N4O2/c21-15(19-16-17-11-18-20-16)13-6-8-14(9-7-13)22-10-12-4-2-1-3-5-12/h1-9,11H,10H2,(H2,17,18,19,20,21). The average molecular weight is 294 g/mol. The molecule has 0 fully saturated rings. The van der Waals surface area contributed by atoms with Gasteiger partial charge in [-0.15, -0.1) is 0 Å². The summed E-state index contributed by atoms with van der Waals surface area (Å²) >= 11 is 0. The highest BCUT2D eigenvalue weighted by Gasteiger charge is 2.07. The Labute approximate surface area is 127 Å². The van der Waals surface area contributed by atoms with Crippen molar-refractivity contribution in [2.24, 2.45) is 0 Å². The predicted molar refractivity (Wildman–Crippen MR) is 81.6 cm³/mol. The third kappa shape index (κ3) is 3.49. The van der Waals surface area contributed by atoms with Gasteiger partial charge in [0.1, 0.15) is 18.7 Å². The molecule has 22 heavy (non-hydrogen) atoms. The van der Waals surface area contributed by atoms with E-state index in [4.69, 9.17) is 4.74 Å². The van der Waals surface area contributed by atoms with Gasteiger partial charge in [0.25, 0.3) is 5.91 Å². The van der Waals surface area contributed by atoms with Crippen LogP contribution < -0.4 is 10.1 Å². The van der Waals surface area contributed by atoms with Gasteiger partial charge in [0, 0.05) is 5.56 Å². The van der Waals surface area contributed by atoms with E-state index >= 15 is 0 Å². The zero-order valence-corrected chi connectivity index (χ0v) is 11.7. The number of rotatable bonds is 5. The number of carbonyl (C=O) groups is 1. The number of nitrogens with one attached hydrogen (secondary N) is 2. The first kappa shape index (κ1) is 13.8. The second-order valence-electron chi connectivity index (χ2n) is 4.59. The summed E-state index contributed by atoms with van der Waals surface area (Å²) in [6, 6.07) is 16.8. The van der Waals surface area contributed by atoms with Crippen molar-refractivity contribution < 1.29 is 9.53 Å². The molecule has 6 heteroatoms. The van der Waals surface area contributed by atoms with Crippen molar-refractivity contribution in [3.63, 3.8) is 0 Å². The molecule has 2 aromatic carbocycles. The molecule has 0 saturated heterocycles. The highest BCUT2D eigenvalue weighted by Crippen LogP contribution is 2.15. The molecule has 0 spiro atoms. The fourth-order valence-electron chi connectivity index (χ4n) is 1.89. The summed E-state index contributed by atoms with van der Waals surface area (Å²) in [6.07, 6.45) is 1.33. The Morgan fingerprint density at radius 1 is 1.09 bits per heavy atom. The molecule has 0 aliphatic carbocycles. The average Bonchev–Trinajstić information content (AvgIpc) is 3.07. The number of hydrogen-bond acceptors (Lipinski definition) is 4. The maximum absolute atomic E-state index is 12.0. The Hall–Kier alpha value is -3.15. The molecule has 0 aliphatic rings. The molecule has 1 amide bonds. The van der Waals surface area contributed by atoms with Crippen molar-refractivity contribution in [2.45, 2.75) is 6.61 Å². The minimum Gasteiger partial charge on any atom is -0.489 e. The van der Waals surface area contributed by atoms with Gasteiger partial charge in [-0.1, -0.05) is 30.3 Å². The number of nitrogens with zero attached hydrogens (tertiary/aromatic N) is 2. The van der Waals surface area contributed by atoms with Gasteiger partial charge < -0.3 is 4.74 Å². The van der Waals surface area contributed by atoms with E-state index in [0.717, 1.165) is 5.56 Å². The van der Waals surface area contributed by atoms with Crippen LogP contribution in [0, 0.1) is 0 Å². The van der Waals surface area contributed by atoms with Crippen molar-refractivity contribution in [1.82, 2.24) is 15.2 Å². The number of aromatic amines is 1. The van der Waals surface area contributed by atoms with Crippen LogP contribution in [0.2, 0.25) is 0 Å². The van der Waals surface area contributed by atoms with Crippen LogP contribution in [0.1, 0.15) is 15.9 Å². The molecular formula is C16H14N4O2. The van der Waals surface area contributed by atoms with E-state index in [1.54, 1.807) is 24.3 Å². The molecule has 110 valence electrons. The van der Waals surface area contributed by atoms with Gasteiger partial charge in [0.15, 0.2) is 0 Å². The van der Waals surface area contributed by atoms with E-state index in [0.29, 0.717) is 23.9 Å². The van der Waals surface area contributed by atoms with Crippen LogP contribution in [-0.2, 0) is 6.61 Å². The van der Waals surface area contributed by atoms with E-state index in [1.807, 2.05) is 30.3 Å². The third-order valence-electron chi connectivity index (χ3n) is 3.01. The minimum atomic E-state index is -0.258. The van der Waals surface area contributed by atoms with E-state index in [1.165, 1.54) is 6.33 Å². The number of amides is 1. The lowest BCUT2D eigenvalue weighted by Gasteiger charge is -2.07. The zero-order valence-electron chi connectivity index (χ0n) is 11.7. The number of hydrogen-bond donors (Lipinski definition) is 2. The first-order chi connectivity index (χ1) is 10.8. The molecule has 3 rings (SSSR count). The lowest BCUT2D eigenvalue weighted by atomic mass is 10.2. The van der Waals surface area contributed by atoms with E-state index in [2.05, 4.69) is 20.5 Å². The molecule has 0 saturated carbocycles. The molecule has 2 N–H and O–H groups in total. The van der Waals surface area contributed by atoms with E-state index in [9.17, 15) is 4.79 Å². The molecule has 0 unspecified atom stereocenters. The number of anilines is 1. The fraction of sp³-hybridized carbons (Fsp3) is 0.0625. The smallest absolute Gasteiger partial charge is 0.258 e. The van der Waals surface area contributed by atoms with Gasteiger partial charge in [0.05, 0.1) is 0 Å². The summed E-state index contributed by atoms with van der Waals surface area (Å²) in [5.41, 5.74) is 1.61. The summed E-state index contributed by atoms with van der Waals surface area (Å²) < 4.78 is 5.67. The topological polar surface area (TPSA) is 79.9 Å². The number of H-pyrrole nitrogens is 1. The maximum atomic E-state index is 12.0. The number of carbonyl (C=O) groups excluding carboxylic acids is 1. The van der Waals surface area contributed by atoms with Gasteiger partial charge in [-0.2, -0.15) is 10.1 Å². The zero-order chi connectivity index (χ0) is 15.2. The first-order valence-electron chi connectivity index (χ1n) is 6.75. The summed E-state index contributed by atoms with van der Waals surface area (Å²) in [4.78, 5) is 15.8. The predicted octanol–water partition coefficient (Wildman–Crippen LogP) is 2.64. The van der Waals surface area contributed by atoms with Crippen molar-refractivity contribution >= 4 is 11.9 Å². The molecule has 0 radical (unpaired) electrons. The van der Waals surface area contributed by atoms with Crippen molar-refractivity contribution in [3.8, 4) is 5.75 Å². The van der Waals surface area contributed by atoms with Crippen molar-refractivity contribution in [3.05, 3.63) is 72.1 Å². The Kier molecular flexibility index (Phi) is 4.10. The van der Waals surface area contributed by atoms with Crippen LogP contribution >= 0.6 is 0 Å². The van der Waals surface area contributed by atoms with Crippen molar-refractivity contribution in [2.75, 3.05) is 5.32 Å². The SMILES string of the molecule is O=C(Nc1ncn[nH]1)c1ccc(OCc2ccccc2)cc1. The quantitative estimate of drug-likeness (QED) is 0.758. The van der Waals surface area contributed by atoms with Crippen LogP contribution in [-0.4, -0.2) is 21.1 Å². The van der Waals surface area contributed by atoms with Crippen LogP contribution in [0.3, 0.4) is 0 Å². The number of aromatic nitrogens is 3. The molecule has 6 nitrogen and oxygen atoms in total. The summed E-state index contributed by atoms with van der Waals surface area (Å²) in [5, 5.41) is 8.84. The van der Waals surface area contributed by atoms with Crippen molar-refractivity contribution in [1.29, 1.82) is 0 Å². The Balaban J connectivity index is 1.59. The van der Waals surface area contributed by atoms with Crippen LogP contribution in [0.15, 0.2) is 60.9 Å². The third-order valence-corrected chi connectivity index (χ3v) is 3.01. The number of benzene rings is 2. The molecule has 0 bridgehead atoms. The molecule has 0 aliphatic heterocycles. The largest absolute Gasteiger partial charge is 0.489 e. The summed E-state index contributed by atoms with van der Waals surface area (Å²) in [7, 11) is 0. The minimum absolute atomic E-state index is 0.258. The highest BCUT2D eigenvalue weighted by atomic mass is 16.5. The van der Waals surface area contributed by atoms with Crippen LogP contribution in [0.5, 0.6) is 5.75 Å². The van der Waals surface area contributed by atoms with Gasteiger partial charge in [-0.25, -0.2) is 5.10 Å². The number of ether oxygens (including phenoxy) is 1. The fourth-order valence-corrected chi connectivity index (χ4v) is 1.89. The lowest BCUT2D eigenvalue weighted by Crippen LogP contribution is -2.12. The van der Waals surface area contributed by atoms with Gasteiger partial charge in [0.2, 0.25) is 5.95 Å². The monoisotopic (exact) mass is 294 g/mol.